The van der Waals surface area contributed by atoms with E-state index in [1.807, 2.05) is 4.90 Å². The second kappa shape index (κ2) is 6.99. The van der Waals surface area contributed by atoms with Crippen LogP contribution < -0.4 is 11.1 Å². The molecule has 1 saturated heterocycles. The van der Waals surface area contributed by atoms with Crippen molar-refractivity contribution in [2.45, 2.75) is 6.10 Å². The van der Waals surface area contributed by atoms with E-state index in [0.29, 0.717) is 31.3 Å². The van der Waals surface area contributed by atoms with Gasteiger partial charge in [-0.25, -0.2) is 4.39 Å². The standard InChI is InChI=1S/C13H17ClFN3O2/c14-9-1-2-12(11(15)5-9)17-13(19)8-18-3-4-20-10(6-16)7-18/h1-2,5,10H,3-4,6-8,16H2,(H,17,19). The van der Waals surface area contributed by atoms with Gasteiger partial charge in [0.05, 0.1) is 24.9 Å². The Morgan fingerprint density at radius 2 is 2.40 bits per heavy atom. The number of ether oxygens (including phenoxy) is 1. The number of halogens is 2. The van der Waals surface area contributed by atoms with Crippen molar-refractivity contribution in [1.82, 2.24) is 4.90 Å². The molecule has 5 nitrogen and oxygen atoms in total. The molecule has 0 saturated carbocycles. The van der Waals surface area contributed by atoms with Gasteiger partial charge in [0.25, 0.3) is 0 Å². The topological polar surface area (TPSA) is 67.6 Å². The number of morpholine rings is 1. The minimum atomic E-state index is -0.548. The SMILES string of the molecule is NCC1CN(CC(=O)Nc2ccc(Cl)cc2F)CCO1. The van der Waals surface area contributed by atoms with Crippen molar-refractivity contribution in [3.63, 3.8) is 0 Å². The van der Waals surface area contributed by atoms with Crippen LogP contribution in [0.5, 0.6) is 0 Å². The molecule has 0 aliphatic carbocycles. The molecule has 1 aromatic carbocycles. The molecule has 1 aliphatic heterocycles. The predicted molar refractivity (Wildman–Crippen MR) is 75.3 cm³/mol. The molecule has 1 aromatic rings. The maximum absolute atomic E-state index is 13.6. The monoisotopic (exact) mass is 301 g/mol. The van der Waals surface area contributed by atoms with Gasteiger partial charge in [0, 0.05) is 24.7 Å². The van der Waals surface area contributed by atoms with Crippen LogP contribution in [0.15, 0.2) is 18.2 Å². The zero-order valence-electron chi connectivity index (χ0n) is 10.9. The lowest BCUT2D eigenvalue weighted by Gasteiger charge is -2.31. The van der Waals surface area contributed by atoms with Crippen molar-refractivity contribution in [3.8, 4) is 0 Å². The van der Waals surface area contributed by atoms with Gasteiger partial charge in [0.15, 0.2) is 0 Å². The van der Waals surface area contributed by atoms with E-state index in [4.69, 9.17) is 22.1 Å². The Kier molecular flexibility index (Phi) is 5.31. The van der Waals surface area contributed by atoms with E-state index in [0.717, 1.165) is 6.07 Å². The largest absolute Gasteiger partial charge is 0.374 e. The fourth-order valence-electron chi connectivity index (χ4n) is 2.05. The van der Waals surface area contributed by atoms with E-state index < -0.39 is 5.82 Å². The van der Waals surface area contributed by atoms with Crippen LogP contribution in [-0.4, -0.2) is 49.7 Å². The second-order valence-electron chi connectivity index (χ2n) is 4.64. The molecule has 0 aromatic heterocycles. The first-order valence-electron chi connectivity index (χ1n) is 6.37. The average Bonchev–Trinajstić information content (AvgIpc) is 2.42. The normalized spacial score (nSPS) is 19.9. The minimum absolute atomic E-state index is 0.0520. The van der Waals surface area contributed by atoms with Crippen LogP contribution in [0.4, 0.5) is 10.1 Å². The van der Waals surface area contributed by atoms with Gasteiger partial charge < -0.3 is 15.8 Å². The van der Waals surface area contributed by atoms with Gasteiger partial charge in [-0.2, -0.15) is 0 Å². The van der Waals surface area contributed by atoms with Crippen LogP contribution in [0, 0.1) is 5.82 Å². The number of carbonyl (C=O) groups is 1. The number of anilines is 1. The molecular weight excluding hydrogens is 285 g/mol. The number of nitrogens with two attached hydrogens (primary N) is 1. The summed E-state index contributed by atoms with van der Waals surface area (Å²) in [5.74, 6) is -0.823. The summed E-state index contributed by atoms with van der Waals surface area (Å²) in [7, 11) is 0. The summed E-state index contributed by atoms with van der Waals surface area (Å²) in [6, 6.07) is 4.13. The molecule has 1 heterocycles. The summed E-state index contributed by atoms with van der Waals surface area (Å²) in [5.41, 5.74) is 5.67. The summed E-state index contributed by atoms with van der Waals surface area (Å²) in [6.45, 7) is 2.41. The first kappa shape index (κ1) is 15.2. The third-order valence-corrected chi connectivity index (χ3v) is 3.29. The lowest BCUT2D eigenvalue weighted by molar-refractivity contribution is -0.119. The third kappa shape index (κ3) is 4.14. The summed E-state index contributed by atoms with van der Waals surface area (Å²) in [6.07, 6.45) is -0.0520. The molecule has 1 fully saturated rings. The van der Waals surface area contributed by atoms with E-state index in [2.05, 4.69) is 5.32 Å². The molecule has 3 N–H and O–H groups in total. The lowest BCUT2D eigenvalue weighted by atomic mass is 10.2. The van der Waals surface area contributed by atoms with Crippen LogP contribution >= 0.6 is 11.6 Å². The van der Waals surface area contributed by atoms with E-state index >= 15 is 0 Å². The molecule has 110 valence electrons. The number of nitrogens with one attached hydrogen (secondary N) is 1. The van der Waals surface area contributed by atoms with Gasteiger partial charge in [-0.05, 0) is 18.2 Å². The molecule has 7 heteroatoms. The highest BCUT2D eigenvalue weighted by atomic mass is 35.5. The highest BCUT2D eigenvalue weighted by Crippen LogP contribution is 2.18. The first-order chi connectivity index (χ1) is 9.58. The Morgan fingerprint density at radius 1 is 1.60 bits per heavy atom. The number of rotatable bonds is 4. The van der Waals surface area contributed by atoms with E-state index in [1.165, 1.54) is 12.1 Å². The number of carbonyl (C=O) groups excluding carboxylic acids is 1. The minimum Gasteiger partial charge on any atom is -0.374 e. The molecule has 1 atom stereocenters. The van der Waals surface area contributed by atoms with Gasteiger partial charge in [0.2, 0.25) is 5.91 Å². The molecule has 0 radical (unpaired) electrons. The Hall–Kier alpha value is -1.21. The maximum Gasteiger partial charge on any atom is 0.238 e. The van der Waals surface area contributed by atoms with Gasteiger partial charge in [-0.15, -0.1) is 0 Å². The Labute approximate surface area is 121 Å². The van der Waals surface area contributed by atoms with Crippen LogP contribution in [0.1, 0.15) is 0 Å². The zero-order valence-corrected chi connectivity index (χ0v) is 11.7. The van der Waals surface area contributed by atoms with Crippen molar-refractivity contribution in [2.75, 3.05) is 38.1 Å². The molecule has 2 rings (SSSR count). The van der Waals surface area contributed by atoms with Gasteiger partial charge in [-0.3, -0.25) is 9.69 Å². The molecule has 1 aliphatic rings. The highest BCUT2D eigenvalue weighted by molar-refractivity contribution is 6.30. The van der Waals surface area contributed by atoms with Gasteiger partial charge in [0.1, 0.15) is 5.82 Å². The van der Waals surface area contributed by atoms with Crippen molar-refractivity contribution in [3.05, 3.63) is 29.0 Å². The fraction of sp³-hybridized carbons (Fsp3) is 0.462. The lowest BCUT2D eigenvalue weighted by Crippen LogP contribution is -2.48. The predicted octanol–water partition coefficient (Wildman–Crippen LogP) is 1.08. The molecule has 1 unspecified atom stereocenters. The van der Waals surface area contributed by atoms with Crippen LogP contribution in [0.3, 0.4) is 0 Å². The van der Waals surface area contributed by atoms with Crippen molar-refractivity contribution in [2.24, 2.45) is 5.73 Å². The number of amides is 1. The van der Waals surface area contributed by atoms with Crippen LogP contribution in [0.25, 0.3) is 0 Å². The van der Waals surface area contributed by atoms with Gasteiger partial charge in [-0.1, -0.05) is 11.6 Å². The third-order valence-electron chi connectivity index (χ3n) is 3.06. The van der Waals surface area contributed by atoms with Crippen molar-refractivity contribution >= 4 is 23.2 Å². The quantitative estimate of drug-likeness (QED) is 0.873. The summed E-state index contributed by atoms with van der Waals surface area (Å²) >= 11 is 5.65. The van der Waals surface area contributed by atoms with E-state index in [1.54, 1.807) is 0 Å². The van der Waals surface area contributed by atoms with E-state index in [-0.39, 0.29) is 24.2 Å². The Bertz CT molecular complexity index is 487. The maximum atomic E-state index is 13.6. The average molecular weight is 302 g/mol. The summed E-state index contributed by atoms with van der Waals surface area (Å²) in [4.78, 5) is 13.8. The smallest absolute Gasteiger partial charge is 0.238 e. The number of nitrogens with zero attached hydrogens (tertiary/aromatic N) is 1. The van der Waals surface area contributed by atoms with Crippen molar-refractivity contribution < 1.29 is 13.9 Å². The number of hydrogen-bond donors (Lipinski definition) is 2. The first-order valence-corrected chi connectivity index (χ1v) is 6.75. The summed E-state index contributed by atoms with van der Waals surface area (Å²) < 4.78 is 19.0. The molecular formula is C13H17ClFN3O2. The molecule has 20 heavy (non-hydrogen) atoms. The Balaban J connectivity index is 1.88. The number of hydrogen-bond acceptors (Lipinski definition) is 4. The van der Waals surface area contributed by atoms with Crippen LogP contribution in [-0.2, 0) is 9.53 Å². The van der Waals surface area contributed by atoms with E-state index in [9.17, 15) is 9.18 Å². The second-order valence-corrected chi connectivity index (χ2v) is 5.07. The zero-order chi connectivity index (χ0) is 14.5. The molecule has 1 amide bonds. The highest BCUT2D eigenvalue weighted by Gasteiger charge is 2.21. The molecule has 0 bridgehead atoms. The van der Waals surface area contributed by atoms with Gasteiger partial charge >= 0.3 is 0 Å². The Morgan fingerprint density at radius 3 is 3.10 bits per heavy atom. The fourth-order valence-corrected chi connectivity index (χ4v) is 2.21. The number of benzene rings is 1. The molecule has 0 spiro atoms. The summed E-state index contributed by atoms with van der Waals surface area (Å²) in [5, 5.41) is 2.82. The van der Waals surface area contributed by atoms with Crippen molar-refractivity contribution in [1.29, 1.82) is 0 Å². The van der Waals surface area contributed by atoms with Crippen LogP contribution in [0.2, 0.25) is 5.02 Å².